The molecule has 0 aromatic carbocycles. The minimum atomic E-state index is -0.350. The van der Waals surface area contributed by atoms with Crippen molar-refractivity contribution in [3.8, 4) is 0 Å². The number of fused-ring (bicyclic) bond motifs is 12. The predicted octanol–water partition coefficient (Wildman–Crippen LogP) is 9.70. The molecular weight excluding hydrogens is 1330 g/mol. The number of ether oxygens (including phenoxy) is 12. The molecule has 12 aliphatic carbocycles. The van der Waals surface area contributed by atoms with Crippen molar-refractivity contribution in [3.63, 3.8) is 0 Å². The van der Waals surface area contributed by atoms with Crippen molar-refractivity contribution in [3.05, 3.63) is 72.9 Å². The maximum atomic E-state index is 12.1. The molecule has 12 rings (SSSR count). The molecule has 12 bridgehead atoms. The lowest BCUT2D eigenvalue weighted by atomic mass is 9.78. The molecule has 0 N–H and O–H groups in total. The molecule has 12 aliphatic rings. The first-order valence-electron chi connectivity index (χ1n) is 36.9. The van der Waals surface area contributed by atoms with Gasteiger partial charge in [0.15, 0.2) is 0 Å². The summed E-state index contributed by atoms with van der Waals surface area (Å²) >= 11 is 0. The number of esters is 12. The van der Waals surface area contributed by atoms with E-state index in [0.717, 1.165) is 57.8 Å². The normalized spacial score (nSPS) is 33.6. The van der Waals surface area contributed by atoms with E-state index in [-0.39, 0.29) is 172 Å². The van der Waals surface area contributed by atoms with Crippen LogP contribution in [0.1, 0.15) is 124 Å². The van der Waals surface area contributed by atoms with E-state index in [1.165, 1.54) is 63.3 Å². The van der Waals surface area contributed by atoms with Crippen LogP contribution in [0.2, 0.25) is 0 Å². The van der Waals surface area contributed by atoms with Crippen molar-refractivity contribution in [1.82, 2.24) is 0 Å². The fraction of sp³-hybridized carbons (Fsp3) is 0.696. The summed E-state index contributed by atoms with van der Waals surface area (Å²) in [6.07, 6.45) is 36.5. The van der Waals surface area contributed by atoms with Gasteiger partial charge in [-0.1, -0.05) is 86.8 Å². The van der Waals surface area contributed by atoms with Crippen LogP contribution in [0.25, 0.3) is 0 Å². The van der Waals surface area contributed by atoms with Gasteiger partial charge in [0.05, 0.1) is 125 Å². The molecule has 0 radical (unpaired) electrons. The Morgan fingerprint density at radius 2 is 0.476 bits per heavy atom. The number of methoxy groups -OCH3 is 8. The molecule has 6 fully saturated rings. The van der Waals surface area contributed by atoms with Gasteiger partial charge < -0.3 is 56.8 Å². The van der Waals surface area contributed by atoms with Gasteiger partial charge in [0.1, 0.15) is 0 Å². The lowest BCUT2D eigenvalue weighted by molar-refractivity contribution is -0.161. The Hall–Kier alpha value is -7.92. The van der Waals surface area contributed by atoms with E-state index in [9.17, 15) is 57.5 Å². The Balaban J connectivity index is 0.000000173. The fourth-order valence-electron chi connectivity index (χ4n) is 18.5. The van der Waals surface area contributed by atoms with E-state index in [4.69, 9.17) is 52.1 Å². The van der Waals surface area contributed by atoms with Crippen molar-refractivity contribution in [2.75, 3.05) is 83.3 Å². The number of allylic oxidation sites excluding steroid dienone is 12. The SMILES string of the molecule is CCCOC(=O)C1C2C=CC(C2)C1C(=O)OCCC.CCOC(=O)C1C2C=CC(C2)C1C(=O)OCC.COC(=O)C1C2C=CC(C2)C1C(=O)OC.COC(=O)CC1C2C=CC(C2)C1C(=O)OC.COC(=O)CC1C2C=CC(C2)C1CC(=O)OC.COC(=O)CCC1C2C=CC(C2)C1CCC(=O)OC. The molecule has 0 saturated heterocycles. The van der Waals surface area contributed by atoms with Crippen LogP contribution in [-0.2, 0) is 114 Å². The average Bonchev–Trinajstić information content (AvgIpc) is 1.66. The Morgan fingerprint density at radius 1 is 0.252 bits per heavy atom. The lowest BCUT2D eigenvalue weighted by Gasteiger charge is -2.27. The molecule has 0 heterocycles. The monoisotopic (exact) mass is 1440 g/mol. The Bertz CT molecular complexity index is 3000. The number of hydrogen-bond donors (Lipinski definition) is 0. The Kier molecular flexibility index (Phi) is 31.8. The molecule has 0 aromatic heterocycles. The number of hydrogen-bond acceptors (Lipinski definition) is 24. The van der Waals surface area contributed by atoms with E-state index >= 15 is 0 Å². The summed E-state index contributed by atoms with van der Waals surface area (Å²) in [5, 5.41) is 0. The first kappa shape index (κ1) is 82.4. The lowest BCUT2D eigenvalue weighted by Crippen LogP contribution is -2.35. The highest BCUT2D eigenvalue weighted by molar-refractivity contribution is 5.86. The zero-order valence-corrected chi connectivity index (χ0v) is 62.0. The molecule has 570 valence electrons. The van der Waals surface area contributed by atoms with Crippen molar-refractivity contribution in [2.45, 2.75) is 124 Å². The van der Waals surface area contributed by atoms with Crippen molar-refractivity contribution in [1.29, 1.82) is 0 Å². The first-order valence-corrected chi connectivity index (χ1v) is 36.9. The molecule has 6 saturated carbocycles. The van der Waals surface area contributed by atoms with Gasteiger partial charge in [0.25, 0.3) is 0 Å². The van der Waals surface area contributed by atoms with Crippen molar-refractivity contribution >= 4 is 71.6 Å². The highest BCUT2D eigenvalue weighted by Crippen LogP contribution is 2.55. The maximum Gasteiger partial charge on any atom is 0.310 e. The summed E-state index contributed by atoms with van der Waals surface area (Å²) in [5.41, 5.74) is 0. The van der Waals surface area contributed by atoms with Gasteiger partial charge in [-0.2, -0.15) is 0 Å². The summed E-state index contributed by atoms with van der Waals surface area (Å²) in [6, 6.07) is 0. The Labute approximate surface area is 605 Å². The van der Waals surface area contributed by atoms with E-state index in [1.807, 2.05) is 50.3 Å². The third-order valence-electron chi connectivity index (χ3n) is 23.3. The molecular formula is C79H110O24. The standard InChI is InChI=1S/2C15H22O4.2C13H18O4.C12H16O4.C11H14O4/c1-18-14(16)7-5-12-10-3-4-11(9-10)13(12)6-8-15(17)19-2;1-3-7-18-14(16)12-10-5-6-11(9-10)13(12)15(17)19-8-4-2;1-16-12(14)6-10-8-3-4-9(5-8)11(10)7-13(15)17-2;1-3-16-12(14)10-8-5-6-9(7-8)11(10)13(15)17-4-2;1-15-10(13)6-9-7-3-4-8(5-7)11(9)12(14)16-2;1-14-10(12)8-6-3-4-7(5-6)9(8)11(13)15-2/h3-4,10-13H,5-9H2,1-2H3;5-6,10-13H,3-4,7-9H2,1-2H3;3-4,8-11H,5-7H2,1-2H3;5-6,8-11H,3-4,7H2,1-2H3;3-4,7-9,11H,5-6H2,1-2H3;3-4,6-9H,5H2,1-2H3. The molecule has 0 aliphatic heterocycles. The zero-order chi connectivity index (χ0) is 75.2. The van der Waals surface area contributed by atoms with Gasteiger partial charge >= 0.3 is 71.6 Å². The van der Waals surface area contributed by atoms with Crippen LogP contribution in [0.15, 0.2) is 72.9 Å². The highest BCUT2D eigenvalue weighted by Gasteiger charge is 2.56. The summed E-state index contributed by atoms with van der Waals surface area (Å²) in [7, 11) is 11.1. The van der Waals surface area contributed by atoms with Crippen LogP contribution in [0.4, 0.5) is 0 Å². The van der Waals surface area contributed by atoms with Crippen LogP contribution >= 0.6 is 0 Å². The smallest absolute Gasteiger partial charge is 0.310 e. The van der Waals surface area contributed by atoms with Crippen LogP contribution in [-0.4, -0.2) is 155 Å². The van der Waals surface area contributed by atoms with Gasteiger partial charge in [-0.3, -0.25) is 57.5 Å². The number of carbonyl (C=O) groups is 12. The van der Waals surface area contributed by atoms with E-state index in [1.54, 1.807) is 13.8 Å². The minimum Gasteiger partial charge on any atom is -0.469 e. The zero-order valence-electron chi connectivity index (χ0n) is 62.0. The Morgan fingerprint density at radius 3 is 0.757 bits per heavy atom. The van der Waals surface area contributed by atoms with E-state index < -0.39 is 0 Å². The van der Waals surface area contributed by atoms with Gasteiger partial charge in [-0.05, 0) is 179 Å². The second-order valence-corrected chi connectivity index (χ2v) is 28.7. The molecule has 0 aromatic rings. The second kappa shape index (κ2) is 39.8. The van der Waals surface area contributed by atoms with Crippen LogP contribution < -0.4 is 0 Å². The van der Waals surface area contributed by atoms with Crippen molar-refractivity contribution < 1.29 is 114 Å². The van der Waals surface area contributed by atoms with Gasteiger partial charge in [-0.15, -0.1) is 0 Å². The number of carbonyl (C=O) groups excluding carboxylic acids is 12. The predicted molar refractivity (Wildman–Crippen MR) is 371 cm³/mol. The topological polar surface area (TPSA) is 316 Å². The molecule has 24 nitrogen and oxygen atoms in total. The third-order valence-corrected chi connectivity index (χ3v) is 23.3. The molecule has 0 spiro atoms. The second-order valence-electron chi connectivity index (χ2n) is 28.7. The fourth-order valence-corrected chi connectivity index (χ4v) is 18.5. The number of rotatable bonds is 25. The first-order chi connectivity index (χ1) is 49.5. The summed E-state index contributed by atoms with van der Waals surface area (Å²) in [4.78, 5) is 139. The van der Waals surface area contributed by atoms with Crippen molar-refractivity contribution in [2.24, 2.45) is 142 Å². The quantitative estimate of drug-likeness (QED) is 0.0466. The van der Waals surface area contributed by atoms with Crippen LogP contribution in [0, 0.1) is 142 Å². The molecule has 103 heavy (non-hydrogen) atoms. The highest BCUT2D eigenvalue weighted by atomic mass is 16.6. The van der Waals surface area contributed by atoms with Gasteiger partial charge in [0, 0.05) is 32.1 Å². The molecule has 24 unspecified atom stereocenters. The molecule has 24 atom stereocenters. The van der Waals surface area contributed by atoms with E-state index in [2.05, 4.69) is 41.2 Å². The summed E-state index contributed by atoms with van der Waals surface area (Å²) in [6.45, 7) is 9.03. The average molecular weight is 1440 g/mol. The largest absolute Gasteiger partial charge is 0.469 e. The third kappa shape index (κ3) is 20.3. The molecule has 24 heteroatoms. The molecule has 0 amide bonds. The summed E-state index contributed by atoms with van der Waals surface area (Å²) < 4.78 is 58.4. The minimum absolute atomic E-state index is 0.0508. The van der Waals surface area contributed by atoms with E-state index in [0.29, 0.717) is 100.0 Å². The van der Waals surface area contributed by atoms with Crippen LogP contribution in [0.5, 0.6) is 0 Å². The van der Waals surface area contributed by atoms with Gasteiger partial charge in [-0.25, -0.2) is 0 Å². The van der Waals surface area contributed by atoms with Gasteiger partial charge in [0.2, 0.25) is 0 Å². The summed E-state index contributed by atoms with van der Waals surface area (Å²) in [5.74, 6) is 0.0432. The maximum absolute atomic E-state index is 12.1. The van der Waals surface area contributed by atoms with Crippen LogP contribution in [0.3, 0.4) is 0 Å².